The fourth-order valence-electron chi connectivity index (χ4n) is 3.29. The number of benzene rings is 1. The first-order valence-electron chi connectivity index (χ1n) is 9.30. The molecule has 0 aliphatic carbocycles. The van der Waals surface area contributed by atoms with Crippen LogP contribution < -0.4 is 10.4 Å². The number of imidazole rings is 1. The lowest BCUT2D eigenvalue weighted by atomic mass is 10.1. The zero-order chi connectivity index (χ0) is 20.0. The summed E-state index contributed by atoms with van der Waals surface area (Å²) in [6.07, 6.45) is 5.01. The van der Waals surface area contributed by atoms with Gasteiger partial charge in [0, 0.05) is 25.6 Å². The van der Waals surface area contributed by atoms with E-state index in [9.17, 15) is 4.79 Å². The molecule has 0 fully saturated rings. The van der Waals surface area contributed by atoms with Crippen molar-refractivity contribution in [1.82, 2.24) is 15.0 Å². The molecule has 1 heterocycles. The third-order valence-corrected chi connectivity index (χ3v) is 5.12. The number of hydroxylamine groups is 1. The predicted octanol–water partition coefficient (Wildman–Crippen LogP) is 4.55. The maximum atomic E-state index is 11.0. The molecule has 0 aliphatic heterocycles. The molecule has 2 aromatic rings. The number of hydrogen-bond acceptors (Lipinski definition) is 4. The number of aryl methyl sites for hydroxylation is 2. The molecule has 0 spiro atoms. The molecule has 6 nitrogen and oxygen atoms in total. The highest BCUT2D eigenvalue weighted by Crippen LogP contribution is 2.28. The topological polar surface area (TPSA) is 70.4 Å². The molecule has 2 rings (SSSR count). The molecule has 1 aromatic carbocycles. The fraction of sp³-hybridized carbons (Fsp3) is 0.579. The second-order valence-corrected chi connectivity index (χ2v) is 8.03. The standard InChI is InChI=1S/C19H28Cl2N4O2/c1-13(20)25(14(2)21)15-10-11-17-16(12-15)22-18(24(17)3)8-6-4-5-7-9-19(26)23-27/h10-14,27H,4-9H2,1-3H3,(H,23,26). The summed E-state index contributed by atoms with van der Waals surface area (Å²) < 4.78 is 2.12. The molecular weight excluding hydrogens is 387 g/mol. The van der Waals surface area contributed by atoms with Gasteiger partial charge in [0.1, 0.15) is 16.8 Å². The number of amides is 1. The van der Waals surface area contributed by atoms with Gasteiger partial charge in [-0.2, -0.15) is 0 Å². The van der Waals surface area contributed by atoms with Crippen LogP contribution in [0.2, 0.25) is 0 Å². The van der Waals surface area contributed by atoms with Crippen molar-refractivity contribution in [3.63, 3.8) is 0 Å². The monoisotopic (exact) mass is 414 g/mol. The quantitative estimate of drug-likeness (QED) is 0.196. The van der Waals surface area contributed by atoms with E-state index in [1.54, 1.807) is 5.48 Å². The van der Waals surface area contributed by atoms with Crippen LogP contribution in [0.1, 0.15) is 51.8 Å². The summed E-state index contributed by atoms with van der Waals surface area (Å²) in [4.78, 5) is 17.7. The summed E-state index contributed by atoms with van der Waals surface area (Å²) in [5.41, 5.74) is 4.20. The van der Waals surface area contributed by atoms with E-state index in [4.69, 9.17) is 33.4 Å². The second-order valence-electron chi connectivity index (χ2n) is 6.76. The highest BCUT2D eigenvalue weighted by atomic mass is 35.5. The van der Waals surface area contributed by atoms with E-state index in [1.807, 2.05) is 37.9 Å². The number of unbranched alkanes of at least 4 members (excludes halogenated alkanes) is 3. The molecule has 2 atom stereocenters. The van der Waals surface area contributed by atoms with Gasteiger partial charge in [-0.15, -0.1) is 0 Å². The normalized spacial score (nSPS) is 13.6. The van der Waals surface area contributed by atoms with Gasteiger partial charge >= 0.3 is 0 Å². The number of carbonyl (C=O) groups is 1. The number of fused-ring (bicyclic) bond motifs is 1. The minimum absolute atomic E-state index is 0.217. The minimum atomic E-state index is -0.326. The van der Waals surface area contributed by atoms with Crippen LogP contribution in [0.4, 0.5) is 5.69 Å². The summed E-state index contributed by atoms with van der Waals surface area (Å²) in [7, 11) is 2.03. The van der Waals surface area contributed by atoms with Gasteiger partial charge in [-0.1, -0.05) is 36.0 Å². The van der Waals surface area contributed by atoms with Crippen molar-refractivity contribution in [2.45, 2.75) is 63.4 Å². The summed E-state index contributed by atoms with van der Waals surface area (Å²) in [5.74, 6) is 0.715. The van der Waals surface area contributed by atoms with Gasteiger partial charge in [-0.05, 0) is 44.9 Å². The third kappa shape index (κ3) is 5.74. The first-order chi connectivity index (χ1) is 12.8. The molecule has 2 unspecified atom stereocenters. The molecule has 1 aromatic heterocycles. The minimum Gasteiger partial charge on any atom is -0.339 e. The fourth-order valence-corrected chi connectivity index (χ4v) is 3.92. The molecule has 27 heavy (non-hydrogen) atoms. The van der Waals surface area contributed by atoms with Crippen LogP contribution in [0.25, 0.3) is 11.0 Å². The van der Waals surface area contributed by atoms with E-state index in [0.717, 1.165) is 54.6 Å². The smallest absolute Gasteiger partial charge is 0.243 e. The lowest BCUT2D eigenvalue weighted by Crippen LogP contribution is -2.34. The summed E-state index contributed by atoms with van der Waals surface area (Å²) in [6.45, 7) is 3.80. The summed E-state index contributed by atoms with van der Waals surface area (Å²) in [6, 6.07) is 6.11. The van der Waals surface area contributed by atoms with E-state index < -0.39 is 0 Å². The lowest BCUT2D eigenvalue weighted by Gasteiger charge is -2.29. The molecule has 0 bridgehead atoms. The van der Waals surface area contributed by atoms with Gasteiger partial charge in [-0.3, -0.25) is 10.0 Å². The van der Waals surface area contributed by atoms with Crippen LogP contribution in [-0.2, 0) is 18.3 Å². The van der Waals surface area contributed by atoms with Crippen LogP contribution in [0.5, 0.6) is 0 Å². The molecule has 0 aliphatic rings. The molecule has 150 valence electrons. The number of nitrogens with zero attached hydrogens (tertiary/aromatic N) is 3. The van der Waals surface area contributed by atoms with E-state index in [-0.39, 0.29) is 16.9 Å². The average Bonchev–Trinajstić information content (AvgIpc) is 2.92. The van der Waals surface area contributed by atoms with Crippen molar-refractivity contribution in [3.8, 4) is 0 Å². The van der Waals surface area contributed by atoms with Crippen LogP contribution in [0.3, 0.4) is 0 Å². The van der Waals surface area contributed by atoms with Crippen LogP contribution in [0, 0.1) is 0 Å². The van der Waals surface area contributed by atoms with Gasteiger partial charge in [-0.25, -0.2) is 10.5 Å². The van der Waals surface area contributed by atoms with Crippen molar-refractivity contribution >= 4 is 45.8 Å². The van der Waals surface area contributed by atoms with Crippen molar-refractivity contribution < 1.29 is 10.0 Å². The Hall–Kier alpha value is -1.50. The van der Waals surface area contributed by atoms with E-state index in [0.29, 0.717) is 6.42 Å². The van der Waals surface area contributed by atoms with Crippen molar-refractivity contribution in [1.29, 1.82) is 0 Å². The zero-order valence-electron chi connectivity index (χ0n) is 16.1. The van der Waals surface area contributed by atoms with Gasteiger partial charge in [0.15, 0.2) is 0 Å². The number of hydrogen-bond donors (Lipinski definition) is 2. The maximum Gasteiger partial charge on any atom is 0.243 e. The van der Waals surface area contributed by atoms with Gasteiger partial charge in [0.25, 0.3) is 0 Å². The SMILES string of the molecule is CC(Cl)N(c1ccc2c(c1)nc(CCCCCCC(=O)NO)n2C)C(C)Cl. The van der Waals surface area contributed by atoms with E-state index in [2.05, 4.69) is 10.6 Å². The Kier molecular flexibility index (Phi) is 8.20. The van der Waals surface area contributed by atoms with Gasteiger partial charge < -0.3 is 9.47 Å². The Morgan fingerprint density at radius 1 is 1.22 bits per heavy atom. The summed E-state index contributed by atoms with van der Waals surface area (Å²) in [5, 5.41) is 8.47. The van der Waals surface area contributed by atoms with Crippen LogP contribution >= 0.6 is 23.2 Å². The molecule has 0 saturated carbocycles. The third-order valence-electron chi connectivity index (χ3n) is 4.70. The number of nitrogens with one attached hydrogen (secondary N) is 1. The van der Waals surface area contributed by atoms with Crippen molar-refractivity contribution in [3.05, 3.63) is 24.0 Å². The zero-order valence-corrected chi connectivity index (χ0v) is 17.6. The Balaban J connectivity index is 2.00. The Morgan fingerprint density at radius 2 is 1.89 bits per heavy atom. The van der Waals surface area contributed by atoms with Crippen molar-refractivity contribution in [2.75, 3.05) is 4.90 Å². The number of alkyl halides is 2. The molecule has 2 N–H and O–H groups in total. The lowest BCUT2D eigenvalue weighted by molar-refractivity contribution is -0.129. The molecule has 1 amide bonds. The number of rotatable bonds is 10. The first kappa shape index (κ1) is 21.8. The van der Waals surface area contributed by atoms with Crippen LogP contribution in [0.15, 0.2) is 18.2 Å². The number of halogens is 2. The number of carbonyl (C=O) groups excluding carboxylic acids is 1. The Labute approximate surface area is 170 Å². The largest absolute Gasteiger partial charge is 0.339 e. The van der Waals surface area contributed by atoms with Gasteiger partial charge in [0.2, 0.25) is 5.91 Å². The molecular formula is C19H28Cl2N4O2. The second kappa shape index (κ2) is 10.2. The molecule has 8 heteroatoms. The Bertz CT molecular complexity index is 753. The first-order valence-corrected chi connectivity index (χ1v) is 10.2. The highest BCUT2D eigenvalue weighted by molar-refractivity contribution is 6.25. The van der Waals surface area contributed by atoms with Crippen molar-refractivity contribution in [2.24, 2.45) is 7.05 Å². The molecule has 0 saturated heterocycles. The molecule has 0 radical (unpaired) electrons. The number of anilines is 1. The van der Waals surface area contributed by atoms with Gasteiger partial charge in [0.05, 0.1) is 11.0 Å². The highest BCUT2D eigenvalue weighted by Gasteiger charge is 2.18. The van der Waals surface area contributed by atoms with E-state index >= 15 is 0 Å². The maximum absolute atomic E-state index is 11.0. The van der Waals surface area contributed by atoms with E-state index in [1.165, 1.54) is 0 Å². The Morgan fingerprint density at radius 3 is 2.52 bits per heavy atom. The average molecular weight is 415 g/mol. The number of aromatic nitrogens is 2. The van der Waals surface area contributed by atoms with Crippen LogP contribution in [-0.4, -0.2) is 31.7 Å². The summed E-state index contributed by atoms with van der Waals surface area (Å²) >= 11 is 12.6. The predicted molar refractivity (Wildman–Crippen MR) is 111 cm³/mol.